The van der Waals surface area contributed by atoms with Crippen LogP contribution in [0.1, 0.15) is 36.6 Å². The van der Waals surface area contributed by atoms with E-state index in [0.717, 1.165) is 56.6 Å². The van der Waals surface area contributed by atoms with Gasteiger partial charge in [-0.1, -0.05) is 12.1 Å². The predicted octanol–water partition coefficient (Wildman–Crippen LogP) is 3.10. The van der Waals surface area contributed by atoms with Crippen LogP contribution >= 0.6 is 0 Å². The van der Waals surface area contributed by atoms with Crippen molar-refractivity contribution in [2.24, 2.45) is 10.9 Å². The smallest absolute Gasteiger partial charge is 0.269 e. The standard InChI is InChI=1S/C23H31N5O4/c29-28(30)20-7-5-18(6-8-20)14-24-23(25-15-19-9-13-31-17-19)26-16-21(22-4-3-12-32-22)27-10-1-2-11-27/h3-8,12,19,21H,1-2,9-11,13-17H2,(H2,24,25,26). The van der Waals surface area contributed by atoms with Gasteiger partial charge >= 0.3 is 0 Å². The predicted molar refractivity (Wildman–Crippen MR) is 121 cm³/mol. The van der Waals surface area contributed by atoms with Crippen molar-refractivity contribution in [1.29, 1.82) is 0 Å². The van der Waals surface area contributed by atoms with Crippen LogP contribution in [-0.2, 0) is 11.3 Å². The van der Waals surface area contributed by atoms with Crippen LogP contribution in [0.2, 0.25) is 0 Å². The second-order valence-corrected chi connectivity index (χ2v) is 8.35. The lowest BCUT2D eigenvalue weighted by molar-refractivity contribution is -0.384. The maximum Gasteiger partial charge on any atom is 0.269 e. The Balaban J connectivity index is 1.42. The van der Waals surface area contributed by atoms with E-state index in [4.69, 9.17) is 14.1 Å². The lowest BCUT2D eigenvalue weighted by Gasteiger charge is -2.27. The maximum atomic E-state index is 10.9. The number of hydrogen-bond donors (Lipinski definition) is 2. The van der Waals surface area contributed by atoms with E-state index >= 15 is 0 Å². The molecule has 32 heavy (non-hydrogen) atoms. The van der Waals surface area contributed by atoms with Crippen LogP contribution in [-0.4, -0.2) is 55.2 Å². The second kappa shape index (κ2) is 11.1. The van der Waals surface area contributed by atoms with E-state index in [1.54, 1.807) is 18.4 Å². The molecule has 0 spiro atoms. The van der Waals surface area contributed by atoms with E-state index in [-0.39, 0.29) is 11.7 Å². The van der Waals surface area contributed by atoms with Gasteiger partial charge in [-0.3, -0.25) is 15.0 Å². The summed E-state index contributed by atoms with van der Waals surface area (Å²) < 4.78 is 11.2. The number of nitro benzene ring substituents is 1. The van der Waals surface area contributed by atoms with Crippen LogP contribution in [0.25, 0.3) is 0 Å². The summed E-state index contributed by atoms with van der Waals surface area (Å²) in [5.41, 5.74) is 1.00. The molecule has 2 aliphatic heterocycles. The summed E-state index contributed by atoms with van der Waals surface area (Å²) in [5, 5.41) is 17.8. The van der Waals surface area contributed by atoms with Crippen LogP contribution in [0.3, 0.4) is 0 Å². The first kappa shape index (κ1) is 22.3. The molecule has 9 heteroatoms. The van der Waals surface area contributed by atoms with E-state index in [9.17, 15) is 10.1 Å². The first-order valence-electron chi connectivity index (χ1n) is 11.3. The van der Waals surface area contributed by atoms with Crippen molar-refractivity contribution in [3.63, 3.8) is 0 Å². The molecule has 1 aromatic carbocycles. The lowest BCUT2D eigenvalue weighted by atomic mass is 10.1. The number of nitrogens with zero attached hydrogens (tertiary/aromatic N) is 3. The number of ether oxygens (including phenoxy) is 1. The van der Waals surface area contributed by atoms with Gasteiger partial charge in [-0.2, -0.15) is 0 Å². The third-order valence-electron chi connectivity index (χ3n) is 6.06. The molecule has 2 fully saturated rings. The highest BCUT2D eigenvalue weighted by Gasteiger charge is 2.26. The van der Waals surface area contributed by atoms with E-state index < -0.39 is 4.92 Å². The molecule has 2 aliphatic rings. The summed E-state index contributed by atoms with van der Waals surface area (Å²) in [4.78, 5) is 17.7. The molecule has 2 unspecified atom stereocenters. The monoisotopic (exact) mass is 441 g/mol. The van der Waals surface area contributed by atoms with E-state index in [1.165, 1.54) is 25.0 Å². The molecule has 2 N–H and O–H groups in total. The Labute approximate surface area is 188 Å². The summed E-state index contributed by atoms with van der Waals surface area (Å²) >= 11 is 0. The molecule has 0 amide bonds. The van der Waals surface area contributed by atoms with Crippen LogP contribution in [0, 0.1) is 16.0 Å². The Morgan fingerprint density at radius 2 is 2.03 bits per heavy atom. The Bertz CT molecular complexity index is 872. The molecule has 9 nitrogen and oxygen atoms in total. The number of guanidine groups is 1. The summed E-state index contributed by atoms with van der Waals surface area (Å²) in [7, 11) is 0. The van der Waals surface area contributed by atoms with Crippen molar-refractivity contribution in [1.82, 2.24) is 15.5 Å². The molecule has 0 bridgehead atoms. The van der Waals surface area contributed by atoms with E-state index in [0.29, 0.717) is 19.0 Å². The van der Waals surface area contributed by atoms with Crippen LogP contribution in [0.5, 0.6) is 0 Å². The zero-order valence-corrected chi connectivity index (χ0v) is 18.2. The number of rotatable bonds is 9. The van der Waals surface area contributed by atoms with Crippen LogP contribution < -0.4 is 10.6 Å². The SMILES string of the molecule is O=[N+]([O-])c1ccc(CN=C(NCC2CCOC2)NCC(c2ccco2)N2CCCC2)cc1. The molecule has 4 rings (SSSR count). The van der Waals surface area contributed by atoms with Crippen molar-refractivity contribution in [3.8, 4) is 0 Å². The minimum absolute atomic E-state index is 0.0855. The largest absolute Gasteiger partial charge is 0.468 e. The Hall–Kier alpha value is -2.91. The first-order chi connectivity index (χ1) is 15.7. The molecule has 0 aliphatic carbocycles. The zero-order chi connectivity index (χ0) is 22.2. The van der Waals surface area contributed by atoms with Gasteiger partial charge in [0, 0.05) is 37.7 Å². The number of aliphatic imine (C=N–C) groups is 1. The highest BCUT2D eigenvalue weighted by atomic mass is 16.6. The fraction of sp³-hybridized carbons (Fsp3) is 0.522. The maximum absolute atomic E-state index is 10.9. The molecular weight excluding hydrogens is 410 g/mol. The fourth-order valence-electron chi connectivity index (χ4n) is 4.19. The zero-order valence-electron chi connectivity index (χ0n) is 18.2. The van der Waals surface area contributed by atoms with Gasteiger partial charge in [0.05, 0.1) is 30.4 Å². The first-order valence-corrected chi connectivity index (χ1v) is 11.3. The molecule has 172 valence electrons. The minimum Gasteiger partial charge on any atom is -0.468 e. The normalized spacial score (nSPS) is 20.4. The van der Waals surface area contributed by atoms with Crippen LogP contribution in [0.15, 0.2) is 52.1 Å². The van der Waals surface area contributed by atoms with Gasteiger partial charge in [-0.15, -0.1) is 0 Å². The minimum atomic E-state index is -0.390. The fourth-order valence-corrected chi connectivity index (χ4v) is 4.19. The van der Waals surface area contributed by atoms with Gasteiger partial charge in [-0.25, -0.2) is 4.99 Å². The number of nitro groups is 1. The third kappa shape index (κ3) is 6.08. The summed E-state index contributed by atoms with van der Waals surface area (Å²) in [6.07, 6.45) is 5.18. The van der Waals surface area contributed by atoms with Gasteiger partial charge in [0.25, 0.3) is 5.69 Å². The average Bonchev–Trinajstić information content (AvgIpc) is 3.59. The van der Waals surface area contributed by atoms with E-state index in [2.05, 4.69) is 15.5 Å². The van der Waals surface area contributed by atoms with Crippen molar-refractivity contribution >= 4 is 11.6 Å². The number of nitrogens with one attached hydrogen (secondary N) is 2. The van der Waals surface area contributed by atoms with Gasteiger partial charge in [-0.05, 0) is 50.0 Å². The lowest BCUT2D eigenvalue weighted by Crippen LogP contribution is -2.44. The number of benzene rings is 1. The van der Waals surface area contributed by atoms with Crippen molar-refractivity contribution in [2.75, 3.05) is 39.4 Å². The number of likely N-dealkylation sites (tertiary alicyclic amines) is 1. The summed E-state index contributed by atoms with van der Waals surface area (Å²) in [6.45, 7) is 5.62. The summed E-state index contributed by atoms with van der Waals surface area (Å²) in [6, 6.07) is 10.6. The third-order valence-corrected chi connectivity index (χ3v) is 6.06. The Morgan fingerprint density at radius 3 is 2.69 bits per heavy atom. The molecule has 2 aromatic rings. The van der Waals surface area contributed by atoms with Gasteiger partial charge in [0.15, 0.2) is 5.96 Å². The van der Waals surface area contributed by atoms with E-state index in [1.807, 2.05) is 12.1 Å². The van der Waals surface area contributed by atoms with Crippen molar-refractivity contribution < 1.29 is 14.1 Å². The van der Waals surface area contributed by atoms with Gasteiger partial charge in [0.2, 0.25) is 0 Å². The molecule has 3 heterocycles. The molecule has 0 saturated carbocycles. The number of non-ortho nitro benzene ring substituents is 1. The molecule has 1 aromatic heterocycles. The molecular formula is C23H31N5O4. The quantitative estimate of drug-likeness (QED) is 0.267. The topological polar surface area (TPSA) is 105 Å². The van der Waals surface area contributed by atoms with Crippen LogP contribution in [0.4, 0.5) is 5.69 Å². The molecule has 2 atom stereocenters. The second-order valence-electron chi connectivity index (χ2n) is 8.35. The average molecular weight is 442 g/mol. The number of furan rings is 1. The molecule has 0 radical (unpaired) electrons. The summed E-state index contributed by atoms with van der Waals surface area (Å²) in [5.74, 6) is 2.16. The van der Waals surface area contributed by atoms with Crippen molar-refractivity contribution in [2.45, 2.75) is 31.8 Å². The molecule has 2 saturated heterocycles. The highest BCUT2D eigenvalue weighted by Crippen LogP contribution is 2.25. The number of hydrogen-bond acceptors (Lipinski definition) is 6. The van der Waals surface area contributed by atoms with Gasteiger partial charge < -0.3 is 19.8 Å². The van der Waals surface area contributed by atoms with Gasteiger partial charge in [0.1, 0.15) is 5.76 Å². The van der Waals surface area contributed by atoms with Crippen molar-refractivity contribution in [3.05, 3.63) is 64.1 Å². The Kier molecular flexibility index (Phi) is 7.73. The highest BCUT2D eigenvalue weighted by molar-refractivity contribution is 5.79. The Morgan fingerprint density at radius 1 is 1.22 bits per heavy atom.